The lowest BCUT2D eigenvalue weighted by Crippen LogP contribution is -2.18. The van der Waals surface area contributed by atoms with Crippen molar-refractivity contribution < 1.29 is 33.3 Å². The zero-order valence-corrected chi connectivity index (χ0v) is 15.2. The van der Waals surface area contributed by atoms with E-state index in [1.54, 1.807) is 27.7 Å². The van der Waals surface area contributed by atoms with Crippen molar-refractivity contribution >= 4 is 17.9 Å². The third-order valence-electron chi connectivity index (χ3n) is 2.50. The molecule has 0 aliphatic heterocycles. The quantitative estimate of drug-likeness (QED) is 0.171. The van der Waals surface area contributed by atoms with Crippen LogP contribution in [0.1, 0.15) is 45.5 Å². The van der Waals surface area contributed by atoms with Crippen molar-refractivity contribution in [3.63, 3.8) is 0 Å². The van der Waals surface area contributed by atoms with Gasteiger partial charge in [-0.15, -0.1) is 0 Å². The highest BCUT2D eigenvalue weighted by Crippen LogP contribution is 2.02. The Balaban J connectivity index is 0. The molecule has 1 heterocycles. The van der Waals surface area contributed by atoms with E-state index in [2.05, 4.69) is 24.4 Å². The van der Waals surface area contributed by atoms with Gasteiger partial charge in [0.25, 0.3) is 5.56 Å². The molecule has 10 heteroatoms. The Kier molecular flexibility index (Phi) is 14.8. The Morgan fingerprint density at radius 1 is 0.926 bits per heavy atom. The predicted molar refractivity (Wildman–Crippen MR) is 97.1 cm³/mol. The van der Waals surface area contributed by atoms with Crippen molar-refractivity contribution in [1.82, 2.24) is 10.2 Å². The van der Waals surface area contributed by atoms with Gasteiger partial charge < -0.3 is 24.0 Å². The van der Waals surface area contributed by atoms with Crippen LogP contribution < -0.4 is 5.56 Å². The first-order valence-corrected chi connectivity index (χ1v) is 8.01. The summed E-state index contributed by atoms with van der Waals surface area (Å²) in [6, 6.07) is 0. The molecule has 0 spiro atoms. The zero-order valence-electron chi connectivity index (χ0n) is 15.2. The highest BCUT2D eigenvalue weighted by atomic mass is 16.6. The van der Waals surface area contributed by atoms with Crippen LogP contribution >= 0.6 is 0 Å². The number of hydrogen-bond acceptors (Lipinski definition) is 8. The van der Waals surface area contributed by atoms with E-state index in [9.17, 15) is 19.2 Å². The molecule has 2 N–H and O–H groups in total. The van der Waals surface area contributed by atoms with Gasteiger partial charge in [-0.25, -0.2) is 14.4 Å². The van der Waals surface area contributed by atoms with E-state index in [1.165, 1.54) is 6.20 Å². The predicted octanol–water partition coefficient (Wildman–Crippen LogP) is 1.55. The largest absolute Gasteiger partial charge is 0.500 e. The molecule has 10 nitrogen and oxygen atoms in total. The summed E-state index contributed by atoms with van der Waals surface area (Å²) in [5, 5.41) is 4.63. The van der Waals surface area contributed by atoms with Gasteiger partial charge in [0.05, 0.1) is 26.4 Å². The van der Waals surface area contributed by atoms with Crippen LogP contribution in [0.3, 0.4) is 0 Å². The Bertz CT molecular complexity index is 640. The number of aromatic amines is 2. The summed E-state index contributed by atoms with van der Waals surface area (Å²) in [5.41, 5.74) is -0.671. The maximum absolute atomic E-state index is 11.3. The average Bonchev–Trinajstić information content (AvgIpc) is 3.03. The molecule has 0 bridgehead atoms. The van der Waals surface area contributed by atoms with Gasteiger partial charge >= 0.3 is 17.9 Å². The molecule has 0 saturated heterocycles. The van der Waals surface area contributed by atoms with Crippen LogP contribution in [0, 0.1) is 0 Å². The maximum Gasteiger partial charge on any atom is 0.348 e. The fourth-order valence-electron chi connectivity index (χ4n) is 1.43. The number of aromatic nitrogens is 2. The number of hydrogen-bond donors (Lipinski definition) is 2. The molecule has 0 atom stereocenters. The Labute approximate surface area is 157 Å². The van der Waals surface area contributed by atoms with Crippen molar-refractivity contribution in [2.75, 3.05) is 26.4 Å². The Hall–Kier alpha value is -3.04. The number of carbonyl (C=O) groups excluding carboxylic acids is 3. The molecule has 1 aromatic heterocycles. The first-order valence-electron chi connectivity index (χ1n) is 8.01. The molecular weight excluding hydrogens is 360 g/mol. The van der Waals surface area contributed by atoms with Crippen LogP contribution in [-0.2, 0) is 28.5 Å². The van der Waals surface area contributed by atoms with Crippen LogP contribution in [0.4, 0.5) is 0 Å². The van der Waals surface area contributed by atoms with Crippen LogP contribution in [0.5, 0.6) is 0 Å². The molecule has 0 radical (unpaired) electrons. The van der Waals surface area contributed by atoms with Crippen LogP contribution in [0.15, 0.2) is 22.8 Å². The fraction of sp³-hybridized carbons (Fsp3) is 0.529. The van der Waals surface area contributed by atoms with Gasteiger partial charge in [-0.1, -0.05) is 7.43 Å². The summed E-state index contributed by atoms with van der Waals surface area (Å²) in [4.78, 5) is 44.2. The SMILES string of the molecule is C.CCOC(=O)c1c[nH][nH]c1=O.CCOC=C(C(=O)OCC)C(=O)OCC. The molecule has 154 valence electrons. The Morgan fingerprint density at radius 2 is 1.44 bits per heavy atom. The minimum Gasteiger partial charge on any atom is -0.500 e. The fourth-order valence-corrected chi connectivity index (χ4v) is 1.43. The molecule has 0 aromatic carbocycles. The van der Waals surface area contributed by atoms with E-state index in [4.69, 9.17) is 4.74 Å². The van der Waals surface area contributed by atoms with Gasteiger partial charge in [0.15, 0.2) is 5.57 Å². The Morgan fingerprint density at radius 3 is 1.81 bits per heavy atom. The molecule has 0 aliphatic carbocycles. The smallest absolute Gasteiger partial charge is 0.348 e. The molecule has 27 heavy (non-hydrogen) atoms. The van der Waals surface area contributed by atoms with Gasteiger partial charge in [-0.2, -0.15) is 0 Å². The molecule has 0 aliphatic rings. The lowest BCUT2D eigenvalue weighted by molar-refractivity contribution is -0.146. The van der Waals surface area contributed by atoms with Crippen molar-refractivity contribution in [3.8, 4) is 0 Å². The molecule has 0 unspecified atom stereocenters. The highest BCUT2D eigenvalue weighted by Gasteiger charge is 2.21. The zero-order chi connectivity index (χ0) is 19.9. The number of ether oxygens (including phenoxy) is 4. The van der Waals surface area contributed by atoms with Crippen molar-refractivity contribution in [2.45, 2.75) is 35.1 Å². The number of rotatable bonds is 8. The third-order valence-corrected chi connectivity index (χ3v) is 2.50. The molecule has 1 rings (SSSR count). The van der Waals surface area contributed by atoms with E-state index in [1.807, 2.05) is 0 Å². The summed E-state index contributed by atoms with van der Waals surface area (Å²) >= 11 is 0. The van der Waals surface area contributed by atoms with Crippen LogP contribution in [0.25, 0.3) is 0 Å². The van der Waals surface area contributed by atoms with Gasteiger partial charge in [-0.05, 0) is 27.7 Å². The highest BCUT2D eigenvalue weighted by molar-refractivity contribution is 6.13. The molecule has 1 aromatic rings. The second kappa shape index (κ2) is 15.2. The standard InChI is InChI=1S/C10H16O5.C6H8N2O3.CH4/c1-4-13-7-8(9(11)14-5-2)10(12)15-6-3;1-2-11-6(10)4-3-7-8-5(4)9;/h7H,4-6H2,1-3H3;3H,2H2,1H3,(H2,7,8,9);1H4. The summed E-state index contributed by atoms with van der Waals surface area (Å²) in [5.74, 6) is -2.07. The minimum absolute atomic E-state index is 0. The van der Waals surface area contributed by atoms with E-state index in [0.717, 1.165) is 6.26 Å². The first kappa shape index (κ1) is 26.2. The maximum atomic E-state index is 11.3. The second-order valence-corrected chi connectivity index (χ2v) is 4.30. The first-order chi connectivity index (χ1) is 12.4. The third kappa shape index (κ3) is 9.88. The van der Waals surface area contributed by atoms with Gasteiger partial charge in [-0.3, -0.25) is 9.89 Å². The second-order valence-electron chi connectivity index (χ2n) is 4.30. The topological polar surface area (TPSA) is 137 Å². The van der Waals surface area contributed by atoms with Crippen LogP contribution in [-0.4, -0.2) is 54.5 Å². The molecule has 0 amide bonds. The summed E-state index contributed by atoms with van der Waals surface area (Å²) in [7, 11) is 0. The minimum atomic E-state index is -0.732. The monoisotopic (exact) mass is 388 g/mol. The lowest BCUT2D eigenvalue weighted by Gasteiger charge is -2.06. The van der Waals surface area contributed by atoms with Gasteiger partial charge in [0.2, 0.25) is 0 Å². The molecule has 0 fully saturated rings. The summed E-state index contributed by atoms with van der Waals surface area (Å²) in [6.07, 6.45) is 2.34. The van der Waals surface area contributed by atoms with Crippen molar-refractivity contribution in [1.29, 1.82) is 0 Å². The van der Waals surface area contributed by atoms with Crippen molar-refractivity contribution in [2.24, 2.45) is 0 Å². The van der Waals surface area contributed by atoms with Crippen molar-refractivity contribution in [3.05, 3.63) is 33.9 Å². The van der Waals surface area contributed by atoms with E-state index in [-0.39, 0.29) is 38.4 Å². The van der Waals surface area contributed by atoms with Gasteiger partial charge in [0.1, 0.15) is 11.8 Å². The molecule has 0 saturated carbocycles. The number of H-pyrrole nitrogens is 2. The summed E-state index contributed by atoms with van der Waals surface area (Å²) < 4.78 is 18.8. The molecular formula is C17H28N2O8. The van der Waals surface area contributed by atoms with E-state index >= 15 is 0 Å². The number of esters is 3. The average molecular weight is 388 g/mol. The normalized spacial score (nSPS) is 8.89. The van der Waals surface area contributed by atoms with Crippen LogP contribution in [0.2, 0.25) is 0 Å². The van der Waals surface area contributed by atoms with E-state index in [0.29, 0.717) is 6.61 Å². The summed E-state index contributed by atoms with van der Waals surface area (Å²) in [6.45, 7) is 7.75. The van der Waals surface area contributed by atoms with Gasteiger partial charge in [0, 0.05) is 6.20 Å². The number of nitrogens with one attached hydrogen (secondary N) is 2. The lowest BCUT2D eigenvalue weighted by atomic mass is 10.3. The number of carbonyl (C=O) groups is 3. The van der Waals surface area contributed by atoms with E-state index < -0.39 is 23.5 Å².